The van der Waals surface area contributed by atoms with Crippen LogP contribution in [0.2, 0.25) is 0 Å². The molecule has 3 rings (SSSR count). The normalized spacial score (nSPS) is 30.5. The summed E-state index contributed by atoms with van der Waals surface area (Å²) in [5.74, 6) is 1.34. The van der Waals surface area contributed by atoms with Gasteiger partial charge in [0, 0.05) is 25.7 Å². The summed E-state index contributed by atoms with van der Waals surface area (Å²) in [5.41, 5.74) is 0.649. The Balaban J connectivity index is 1.82. The van der Waals surface area contributed by atoms with Crippen LogP contribution in [-0.2, 0) is 0 Å². The molecule has 18 heavy (non-hydrogen) atoms. The van der Waals surface area contributed by atoms with Crippen molar-refractivity contribution in [1.29, 1.82) is 0 Å². The predicted octanol–water partition coefficient (Wildman–Crippen LogP) is 0.547. The van der Waals surface area contributed by atoms with Crippen LogP contribution in [0.5, 0.6) is 0 Å². The van der Waals surface area contributed by atoms with E-state index in [-0.39, 0.29) is 5.91 Å². The zero-order valence-corrected chi connectivity index (χ0v) is 10.5. The van der Waals surface area contributed by atoms with Crippen molar-refractivity contribution in [2.75, 3.05) is 19.6 Å². The molecule has 0 aliphatic carbocycles. The van der Waals surface area contributed by atoms with Crippen molar-refractivity contribution in [1.82, 2.24) is 20.4 Å². The summed E-state index contributed by atoms with van der Waals surface area (Å²) in [5, 5.41) is 10.9. The molecule has 0 aromatic carbocycles. The Bertz CT molecular complexity index is 436. The minimum atomic E-state index is 0.103. The molecule has 5 nitrogen and oxygen atoms in total. The number of fused-ring (bicyclic) bond motifs is 1. The van der Waals surface area contributed by atoms with Crippen LogP contribution in [0, 0.1) is 11.8 Å². The largest absolute Gasteiger partial charge is 0.335 e. The maximum absolute atomic E-state index is 12.5. The molecule has 1 aromatic heterocycles. The highest BCUT2D eigenvalue weighted by atomic mass is 16.2. The third kappa shape index (κ3) is 1.79. The number of hydrogen-bond acceptors (Lipinski definition) is 4. The quantitative estimate of drug-likeness (QED) is 0.828. The van der Waals surface area contributed by atoms with Crippen molar-refractivity contribution in [2.24, 2.45) is 11.8 Å². The summed E-state index contributed by atoms with van der Waals surface area (Å²) < 4.78 is 0. The van der Waals surface area contributed by atoms with Gasteiger partial charge in [-0.3, -0.25) is 4.79 Å². The number of aromatic nitrogens is 2. The van der Waals surface area contributed by atoms with Crippen LogP contribution >= 0.6 is 0 Å². The van der Waals surface area contributed by atoms with E-state index in [4.69, 9.17) is 0 Å². The summed E-state index contributed by atoms with van der Waals surface area (Å²) in [6.07, 6.45) is 4.15. The van der Waals surface area contributed by atoms with Gasteiger partial charge in [0.05, 0.1) is 18.0 Å². The lowest BCUT2D eigenvalue weighted by Gasteiger charge is -2.26. The van der Waals surface area contributed by atoms with Crippen LogP contribution in [-0.4, -0.2) is 46.7 Å². The van der Waals surface area contributed by atoms with Gasteiger partial charge in [0.25, 0.3) is 5.91 Å². The number of carbonyl (C=O) groups is 1. The topological polar surface area (TPSA) is 58.1 Å². The van der Waals surface area contributed by atoms with Crippen LogP contribution in [0.3, 0.4) is 0 Å². The van der Waals surface area contributed by atoms with E-state index in [1.807, 2.05) is 4.90 Å². The first-order chi connectivity index (χ1) is 8.81. The predicted molar refractivity (Wildman–Crippen MR) is 67.0 cm³/mol. The van der Waals surface area contributed by atoms with Gasteiger partial charge < -0.3 is 10.2 Å². The lowest BCUT2D eigenvalue weighted by molar-refractivity contribution is 0.0711. The van der Waals surface area contributed by atoms with Gasteiger partial charge in [-0.1, -0.05) is 6.92 Å². The summed E-state index contributed by atoms with van der Waals surface area (Å²) in [6, 6.07) is 2.11. The SMILES string of the molecule is CCC1C2CNCC2CN1C(=O)c1ccnnc1. The molecule has 5 heteroatoms. The highest BCUT2D eigenvalue weighted by molar-refractivity contribution is 5.94. The van der Waals surface area contributed by atoms with Crippen molar-refractivity contribution >= 4 is 5.91 Å². The number of rotatable bonds is 2. The van der Waals surface area contributed by atoms with Crippen LogP contribution in [0.1, 0.15) is 23.7 Å². The zero-order valence-electron chi connectivity index (χ0n) is 10.5. The highest BCUT2D eigenvalue weighted by Crippen LogP contribution is 2.34. The summed E-state index contributed by atoms with van der Waals surface area (Å²) in [7, 11) is 0. The molecule has 1 N–H and O–H groups in total. The molecule has 2 aliphatic heterocycles. The minimum absolute atomic E-state index is 0.103. The van der Waals surface area contributed by atoms with E-state index in [2.05, 4.69) is 22.4 Å². The third-order valence-corrected chi connectivity index (χ3v) is 4.23. The molecule has 3 atom stereocenters. The molecular weight excluding hydrogens is 228 g/mol. The number of hydrogen-bond donors (Lipinski definition) is 1. The molecule has 0 radical (unpaired) electrons. The van der Waals surface area contributed by atoms with Gasteiger partial charge in [-0.25, -0.2) is 0 Å². The summed E-state index contributed by atoms with van der Waals surface area (Å²) in [4.78, 5) is 14.5. The standard InChI is InChI=1S/C13H18N4O/c1-2-12-11-7-14-5-10(11)8-17(12)13(18)9-3-4-15-16-6-9/h3-4,6,10-12,14H,2,5,7-8H2,1H3. The maximum atomic E-state index is 12.5. The molecule has 0 saturated carbocycles. The highest BCUT2D eigenvalue weighted by Gasteiger charge is 2.45. The Morgan fingerprint density at radius 3 is 3.11 bits per heavy atom. The van der Waals surface area contributed by atoms with Gasteiger partial charge in [-0.05, 0) is 24.3 Å². The van der Waals surface area contributed by atoms with Crippen molar-refractivity contribution in [3.63, 3.8) is 0 Å². The van der Waals surface area contributed by atoms with E-state index in [9.17, 15) is 4.79 Å². The van der Waals surface area contributed by atoms with E-state index < -0.39 is 0 Å². The molecule has 0 spiro atoms. The second kappa shape index (κ2) is 4.65. The molecule has 1 amide bonds. The fraction of sp³-hybridized carbons (Fsp3) is 0.615. The Morgan fingerprint density at radius 1 is 1.50 bits per heavy atom. The van der Waals surface area contributed by atoms with Crippen molar-refractivity contribution < 1.29 is 4.79 Å². The number of carbonyl (C=O) groups excluding carboxylic acids is 1. The van der Waals surface area contributed by atoms with Crippen molar-refractivity contribution in [3.05, 3.63) is 24.0 Å². The fourth-order valence-electron chi connectivity index (χ4n) is 3.36. The third-order valence-electron chi connectivity index (χ3n) is 4.23. The van der Waals surface area contributed by atoms with Gasteiger partial charge in [-0.15, -0.1) is 0 Å². The van der Waals surface area contributed by atoms with Gasteiger partial charge >= 0.3 is 0 Å². The number of nitrogens with one attached hydrogen (secondary N) is 1. The van der Waals surface area contributed by atoms with E-state index in [0.29, 0.717) is 23.4 Å². The van der Waals surface area contributed by atoms with Crippen molar-refractivity contribution in [3.8, 4) is 0 Å². The second-order valence-corrected chi connectivity index (χ2v) is 5.15. The van der Waals surface area contributed by atoms with Crippen LogP contribution in [0.15, 0.2) is 18.5 Å². The van der Waals surface area contributed by atoms with Crippen molar-refractivity contribution in [2.45, 2.75) is 19.4 Å². The van der Waals surface area contributed by atoms with Gasteiger partial charge in [0.15, 0.2) is 0 Å². The van der Waals surface area contributed by atoms with Crippen LogP contribution < -0.4 is 5.32 Å². The maximum Gasteiger partial charge on any atom is 0.255 e. The monoisotopic (exact) mass is 246 g/mol. The average Bonchev–Trinajstić information content (AvgIpc) is 2.98. The molecule has 2 aliphatic rings. The smallest absolute Gasteiger partial charge is 0.255 e. The molecule has 0 bridgehead atoms. The van der Waals surface area contributed by atoms with E-state index in [1.165, 1.54) is 0 Å². The first-order valence-electron chi connectivity index (χ1n) is 6.59. The number of likely N-dealkylation sites (tertiary alicyclic amines) is 1. The lowest BCUT2D eigenvalue weighted by Crippen LogP contribution is -2.39. The molecule has 2 saturated heterocycles. The molecule has 1 aromatic rings. The number of amides is 1. The summed E-state index contributed by atoms with van der Waals surface area (Å²) >= 11 is 0. The average molecular weight is 246 g/mol. The Hall–Kier alpha value is -1.49. The minimum Gasteiger partial charge on any atom is -0.335 e. The first-order valence-corrected chi connectivity index (χ1v) is 6.59. The zero-order chi connectivity index (χ0) is 12.5. The number of nitrogens with zero attached hydrogens (tertiary/aromatic N) is 3. The van der Waals surface area contributed by atoms with Crippen LogP contribution in [0.4, 0.5) is 0 Å². The Morgan fingerprint density at radius 2 is 2.39 bits per heavy atom. The Labute approximate surface area is 107 Å². The molecule has 3 heterocycles. The molecular formula is C13H18N4O. The second-order valence-electron chi connectivity index (χ2n) is 5.15. The molecule has 2 fully saturated rings. The fourth-order valence-corrected chi connectivity index (χ4v) is 3.36. The Kier molecular flexibility index (Phi) is 2.99. The first kappa shape index (κ1) is 11.6. The van der Waals surface area contributed by atoms with Gasteiger partial charge in [-0.2, -0.15) is 10.2 Å². The van der Waals surface area contributed by atoms with Gasteiger partial charge in [0.2, 0.25) is 0 Å². The summed E-state index contributed by atoms with van der Waals surface area (Å²) in [6.45, 7) is 5.12. The van der Waals surface area contributed by atoms with E-state index >= 15 is 0 Å². The molecule has 96 valence electrons. The van der Waals surface area contributed by atoms with Gasteiger partial charge in [0.1, 0.15) is 0 Å². The van der Waals surface area contributed by atoms with E-state index in [0.717, 1.165) is 26.1 Å². The van der Waals surface area contributed by atoms with Crippen LogP contribution in [0.25, 0.3) is 0 Å². The lowest BCUT2D eigenvalue weighted by atomic mass is 9.93. The van der Waals surface area contributed by atoms with E-state index in [1.54, 1.807) is 18.5 Å². The molecule has 3 unspecified atom stereocenters.